The Hall–Kier alpha value is -2.75. The van der Waals surface area contributed by atoms with Crippen molar-refractivity contribution in [3.63, 3.8) is 0 Å². The molecule has 0 fully saturated rings. The first kappa shape index (κ1) is 19.6. The molecule has 0 heterocycles. The van der Waals surface area contributed by atoms with Gasteiger partial charge < -0.3 is 14.9 Å². The molecule has 140 valence electrons. The fourth-order valence-corrected chi connectivity index (χ4v) is 2.20. The molecule has 1 unspecified atom stereocenters. The Bertz CT molecular complexity index is 796. The maximum Gasteiger partial charge on any atom is 0.573 e. The number of halogens is 6. The number of carboxylic acid groups (broad SMARTS) is 1. The number of benzene rings is 2. The highest BCUT2D eigenvalue weighted by atomic mass is 19.4. The number of alkyl halides is 6. The molecule has 0 aliphatic carbocycles. The maximum atomic E-state index is 12.8. The Labute approximate surface area is 142 Å². The predicted molar refractivity (Wildman–Crippen MR) is 76.2 cm³/mol. The van der Waals surface area contributed by atoms with Crippen molar-refractivity contribution in [2.45, 2.75) is 18.6 Å². The minimum absolute atomic E-state index is 0.0774. The SMILES string of the molecule is O=C(O)C(O)c1cc(C(F)(F)F)ccc1-c1ccc(OC(F)(F)F)cc1. The standard InChI is InChI=1S/C16H10F6O4/c17-15(18,19)9-3-6-11(12(7-9)13(23)14(24)25)8-1-4-10(5-2-8)26-16(20,21)22/h1-7,13,23H,(H,24,25). The lowest BCUT2D eigenvalue weighted by Gasteiger charge is -2.16. The van der Waals surface area contributed by atoms with Crippen molar-refractivity contribution in [3.05, 3.63) is 53.6 Å². The second kappa shape index (κ2) is 6.87. The molecule has 0 aromatic heterocycles. The van der Waals surface area contributed by atoms with Gasteiger partial charge in [0.15, 0.2) is 6.10 Å². The van der Waals surface area contributed by atoms with Crippen LogP contribution in [0.4, 0.5) is 26.3 Å². The molecule has 26 heavy (non-hydrogen) atoms. The second-order valence-corrected chi connectivity index (χ2v) is 5.11. The van der Waals surface area contributed by atoms with Crippen LogP contribution in [0.2, 0.25) is 0 Å². The topological polar surface area (TPSA) is 66.8 Å². The molecule has 4 nitrogen and oxygen atoms in total. The van der Waals surface area contributed by atoms with Crippen LogP contribution in [0.5, 0.6) is 5.75 Å². The molecular formula is C16H10F6O4. The van der Waals surface area contributed by atoms with E-state index < -0.39 is 41.5 Å². The number of carbonyl (C=O) groups is 1. The highest BCUT2D eigenvalue weighted by Gasteiger charge is 2.33. The molecule has 2 N–H and O–H groups in total. The minimum atomic E-state index is -4.92. The summed E-state index contributed by atoms with van der Waals surface area (Å²) < 4.78 is 78.6. The first-order chi connectivity index (χ1) is 11.9. The Morgan fingerprint density at radius 3 is 2.00 bits per heavy atom. The highest BCUT2D eigenvalue weighted by molar-refractivity contribution is 5.80. The number of rotatable bonds is 4. The van der Waals surface area contributed by atoms with E-state index in [0.29, 0.717) is 12.1 Å². The van der Waals surface area contributed by atoms with Gasteiger partial charge >= 0.3 is 18.5 Å². The third-order valence-electron chi connectivity index (χ3n) is 3.31. The van der Waals surface area contributed by atoms with E-state index in [1.807, 2.05) is 0 Å². The third kappa shape index (κ3) is 4.66. The summed E-state index contributed by atoms with van der Waals surface area (Å²) in [6.45, 7) is 0. The van der Waals surface area contributed by atoms with E-state index in [0.717, 1.165) is 30.3 Å². The van der Waals surface area contributed by atoms with Gasteiger partial charge in [-0.2, -0.15) is 13.2 Å². The number of aliphatic hydroxyl groups excluding tert-OH is 1. The Balaban J connectivity index is 2.49. The smallest absolute Gasteiger partial charge is 0.479 e. The second-order valence-electron chi connectivity index (χ2n) is 5.11. The van der Waals surface area contributed by atoms with Gasteiger partial charge in [0, 0.05) is 5.56 Å². The van der Waals surface area contributed by atoms with Gasteiger partial charge in [-0.15, -0.1) is 13.2 Å². The molecule has 10 heteroatoms. The van der Waals surface area contributed by atoms with Crippen molar-refractivity contribution in [1.82, 2.24) is 0 Å². The monoisotopic (exact) mass is 380 g/mol. The van der Waals surface area contributed by atoms with Gasteiger partial charge in [0.25, 0.3) is 0 Å². The van der Waals surface area contributed by atoms with E-state index in [1.54, 1.807) is 0 Å². The summed E-state index contributed by atoms with van der Waals surface area (Å²) >= 11 is 0. The van der Waals surface area contributed by atoms with Crippen molar-refractivity contribution in [2.75, 3.05) is 0 Å². The van der Waals surface area contributed by atoms with Crippen molar-refractivity contribution in [2.24, 2.45) is 0 Å². The zero-order valence-corrected chi connectivity index (χ0v) is 12.6. The quantitative estimate of drug-likeness (QED) is 0.773. The van der Waals surface area contributed by atoms with Crippen LogP contribution >= 0.6 is 0 Å². The van der Waals surface area contributed by atoms with Gasteiger partial charge in [-0.1, -0.05) is 18.2 Å². The van der Waals surface area contributed by atoms with Crippen LogP contribution in [-0.2, 0) is 11.0 Å². The number of carboxylic acids is 1. The van der Waals surface area contributed by atoms with Gasteiger partial charge in [0.05, 0.1) is 5.56 Å². The number of ether oxygens (including phenoxy) is 1. The molecule has 0 spiro atoms. The summed E-state index contributed by atoms with van der Waals surface area (Å²) in [6.07, 6.45) is -11.9. The number of aliphatic carboxylic acids is 1. The summed E-state index contributed by atoms with van der Waals surface area (Å²) in [6, 6.07) is 6.12. The Morgan fingerprint density at radius 2 is 1.54 bits per heavy atom. The molecule has 0 saturated carbocycles. The number of hydrogen-bond donors (Lipinski definition) is 2. The van der Waals surface area contributed by atoms with E-state index >= 15 is 0 Å². The number of hydrogen-bond acceptors (Lipinski definition) is 3. The molecule has 0 aliphatic rings. The van der Waals surface area contributed by atoms with E-state index in [9.17, 15) is 36.2 Å². The molecule has 0 aliphatic heterocycles. The maximum absolute atomic E-state index is 12.8. The summed E-state index contributed by atoms with van der Waals surface area (Å²) in [5.74, 6) is -2.34. The van der Waals surface area contributed by atoms with Crippen molar-refractivity contribution in [3.8, 4) is 16.9 Å². The normalized spacial score (nSPS) is 13.3. The van der Waals surface area contributed by atoms with E-state index in [4.69, 9.17) is 5.11 Å². The van der Waals surface area contributed by atoms with Crippen LogP contribution in [0.25, 0.3) is 11.1 Å². The first-order valence-corrected chi connectivity index (χ1v) is 6.86. The molecule has 0 saturated heterocycles. The van der Waals surface area contributed by atoms with Crippen molar-refractivity contribution < 1.29 is 46.1 Å². The Morgan fingerprint density at radius 1 is 0.962 bits per heavy atom. The zero-order chi connectivity index (χ0) is 19.7. The fourth-order valence-electron chi connectivity index (χ4n) is 2.20. The van der Waals surface area contributed by atoms with Crippen molar-refractivity contribution in [1.29, 1.82) is 0 Å². The molecular weight excluding hydrogens is 370 g/mol. The minimum Gasteiger partial charge on any atom is -0.479 e. The molecule has 0 bridgehead atoms. The predicted octanol–water partition coefficient (Wildman–Crippen LogP) is 4.39. The summed E-state index contributed by atoms with van der Waals surface area (Å²) in [7, 11) is 0. The van der Waals surface area contributed by atoms with Crippen LogP contribution in [-0.4, -0.2) is 22.5 Å². The van der Waals surface area contributed by atoms with Crippen LogP contribution in [0.3, 0.4) is 0 Å². The van der Waals surface area contributed by atoms with Crippen LogP contribution in [0.15, 0.2) is 42.5 Å². The molecule has 1 atom stereocenters. The van der Waals surface area contributed by atoms with Crippen LogP contribution in [0.1, 0.15) is 17.2 Å². The third-order valence-corrected chi connectivity index (χ3v) is 3.31. The lowest BCUT2D eigenvalue weighted by molar-refractivity contribution is -0.274. The van der Waals surface area contributed by atoms with Gasteiger partial charge in [0.1, 0.15) is 5.75 Å². The average Bonchev–Trinajstić information content (AvgIpc) is 2.52. The van der Waals surface area contributed by atoms with Crippen molar-refractivity contribution >= 4 is 5.97 Å². The lowest BCUT2D eigenvalue weighted by atomic mass is 9.94. The summed E-state index contributed by atoms with van der Waals surface area (Å²) in [5, 5.41) is 18.6. The van der Waals surface area contributed by atoms with Gasteiger partial charge in [-0.05, 0) is 35.4 Å². The zero-order valence-electron chi connectivity index (χ0n) is 12.6. The largest absolute Gasteiger partial charge is 0.573 e. The fraction of sp³-hybridized carbons (Fsp3) is 0.188. The summed E-state index contributed by atoms with van der Waals surface area (Å²) in [5.41, 5.74) is -1.69. The van der Waals surface area contributed by atoms with Gasteiger partial charge in [-0.25, -0.2) is 4.79 Å². The molecule has 2 rings (SSSR count). The molecule has 0 radical (unpaired) electrons. The van der Waals surface area contributed by atoms with Gasteiger partial charge in [-0.3, -0.25) is 0 Å². The Kier molecular flexibility index (Phi) is 5.17. The van der Waals surface area contributed by atoms with E-state index in [-0.39, 0.29) is 11.1 Å². The highest BCUT2D eigenvalue weighted by Crippen LogP contribution is 2.36. The van der Waals surface area contributed by atoms with Crippen LogP contribution in [0, 0.1) is 0 Å². The first-order valence-electron chi connectivity index (χ1n) is 6.86. The molecule has 0 amide bonds. The molecule has 2 aromatic rings. The average molecular weight is 380 g/mol. The van der Waals surface area contributed by atoms with E-state index in [1.165, 1.54) is 0 Å². The van der Waals surface area contributed by atoms with Gasteiger partial charge in [0.2, 0.25) is 0 Å². The van der Waals surface area contributed by atoms with E-state index in [2.05, 4.69) is 4.74 Å². The lowest BCUT2D eigenvalue weighted by Crippen LogP contribution is -2.17. The number of aliphatic hydroxyl groups is 1. The molecule has 2 aromatic carbocycles. The van der Waals surface area contributed by atoms with Crippen LogP contribution < -0.4 is 4.74 Å². The summed E-state index contributed by atoms with van der Waals surface area (Å²) in [4.78, 5) is 11.0.